The monoisotopic (exact) mass is 464 g/mol. The summed E-state index contributed by atoms with van der Waals surface area (Å²) in [5.41, 5.74) is 5.60. The van der Waals surface area contributed by atoms with Gasteiger partial charge in [-0.2, -0.15) is 0 Å². The zero-order valence-electron chi connectivity index (χ0n) is 20.2. The first kappa shape index (κ1) is 20.8. The van der Waals surface area contributed by atoms with Gasteiger partial charge in [0.25, 0.3) is 0 Å². The summed E-state index contributed by atoms with van der Waals surface area (Å²) in [5.74, 6) is 0. The van der Waals surface area contributed by atoms with Gasteiger partial charge in [0.1, 0.15) is 11.2 Å². The van der Waals surface area contributed by atoms with E-state index in [4.69, 9.17) is 8.83 Å². The molecule has 0 aliphatic heterocycles. The van der Waals surface area contributed by atoms with Gasteiger partial charge >= 0.3 is 0 Å². The van der Waals surface area contributed by atoms with Crippen LogP contribution in [-0.2, 0) is 0 Å². The van der Waals surface area contributed by atoms with Crippen LogP contribution in [0.1, 0.15) is 11.1 Å². The highest BCUT2D eigenvalue weighted by atomic mass is 16.4. The highest BCUT2D eigenvalue weighted by molar-refractivity contribution is 6.16. The van der Waals surface area contributed by atoms with Crippen LogP contribution < -0.4 is 0 Å². The highest BCUT2D eigenvalue weighted by Crippen LogP contribution is 2.36. The summed E-state index contributed by atoms with van der Waals surface area (Å²) >= 11 is 0. The molecule has 0 unspecified atom stereocenters. The van der Waals surface area contributed by atoms with E-state index in [0.717, 1.165) is 32.7 Å². The fourth-order valence-electron chi connectivity index (χ4n) is 5.37. The SMILES string of the molecule is Cc1c(C)c2ccc3cc2c2cc(ccc12)c1ccccc1oc1ccccc1oc1ccccc31. The third-order valence-corrected chi connectivity index (χ3v) is 7.38. The van der Waals surface area contributed by atoms with Crippen LogP contribution >= 0.6 is 0 Å². The fourth-order valence-corrected chi connectivity index (χ4v) is 5.37. The quantitative estimate of drug-likeness (QED) is 0.209. The van der Waals surface area contributed by atoms with Crippen LogP contribution in [0.15, 0.2) is 118 Å². The van der Waals surface area contributed by atoms with Crippen LogP contribution in [-0.4, -0.2) is 0 Å². The molecule has 2 heteroatoms. The van der Waals surface area contributed by atoms with Gasteiger partial charge in [0, 0.05) is 10.8 Å². The molecule has 0 saturated heterocycles. The largest absolute Gasteiger partial charge is 0.453 e. The van der Waals surface area contributed by atoms with Gasteiger partial charge in [-0.15, -0.1) is 0 Å². The minimum atomic E-state index is 0.681. The number of rotatable bonds is 0. The molecule has 0 fully saturated rings. The van der Waals surface area contributed by atoms with E-state index < -0.39 is 0 Å². The molecule has 0 amide bonds. The minimum absolute atomic E-state index is 0.681. The molecule has 172 valence electrons. The molecule has 0 N–H and O–H groups in total. The van der Waals surface area contributed by atoms with Gasteiger partial charge in [0.15, 0.2) is 11.2 Å². The first-order valence-corrected chi connectivity index (χ1v) is 12.3. The second-order valence-corrected chi connectivity index (χ2v) is 9.41. The summed E-state index contributed by atoms with van der Waals surface area (Å²) in [6, 6.07) is 37.8. The number of aryl methyl sites for hydroxylation is 2. The summed E-state index contributed by atoms with van der Waals surface area (Å²) in [4.78, 5) is 0. The molecule has 4 bridgehead atoms. The predicted molar refractivity (Wildman–Crippen MR) is 152 cm³/mol. The van der Waals surface area contributed by atoms with E-state index in [9.17, 15) is 0 Å². The Morgan fingerprint density at radius 3 is 1.19 bits per heavy atom. The zero-order valence-corrected chi connectivity index (χ0v) is 20.2. The highest BCUT2D eigenvalue weighted by Gasteiger charge is 2.10. The number of fused-ring (bicyclic) bond motifs is 7. The van der Waals surface area contributed by atoms with E-state index in [2.05, 4.69) is 74.5 Å². The Balaban J connectivity index is 1.84. The van der Waals surface area contributed by atoms with Crippen LogP contribution in [0, 0.1) is 13.8 Å². The molecule has 0 saturated carbocycles. The van der Waals surface area contributed by atoms with Crippen molar-refractivity contribution in [1.82, 2.24) is 0 Å². The number of hydrogen-bond acceptors (Lipinski definition) is 2. The van der Waals surface area contributed by atoms with Crippen molar-refractivity contribution in [2.75, 3.05) is 0 Å². The zero-order chi connectivity index (χ0) is 24.2. The van der Waals surface area contributed by atoms with Crippen molar-refractivity contribution in [2.45, 2.75) is 13.8 Å². The maximum absolute atomic E-state index is 6.52. The summed E-state index contributed by atoms with van der Waals surface area (Å²) in [5, 5.41) is 9.41. The van der Waals surface area contributed by atoms with Gasteiger partial charge in [0.05, 0.1) is 0 Å². The molecule has 7 rings (SSSR count). The lowest BCUT2D eigenvalue weighted by Crippen LogP contribution is -1.89. The minimum Gasteiger partial charge on any atom is -0.453 e. The van der Waals surface area contributed by atoms with E-state index in [-0.39, 0.29) is 0 Å². The van der Waals surface area contributed by atoms with Crippen LogP contribution in [0.4, 0.5) is 0 Å². The van der Waals surface area contributed by atoms with Crippen molar-refractivity contribution in [2.24, 2.45) is 0 Å². The molecule has 6 aromatic carbocycles. The smallest absolute Gasteiger partial charge is 0.169 e. The third kappa shape index (κ3) is 3.19. The molecule has 1 heterocycles. The Morgan fingerprint density at radius 1 is 0.361 bits per heavy atom. The Kier molecular flexibility index (Phi) is 4.62. The Morgan fingerprint density at radius 2 is 0.750 bits per heavy atom. The van der Waals surface area contributed by atoms with Crippen molar-refractivity contribution in [3.63, 3.8) is 0 Å². The number of hydrogen-bond donors (Lipinski definition) is 0. The topological polar surface area (TPSA) is 26.3 Å². The second kappa shape index (κ2) is 8.00. The lowest BCUT2D eigenvalue weighted by atomic mass is 9.91. The summed E-state index contributed by atoms with van der Waals surface area (Å²) in [7, 11) is 0. The van der Waals surface area contributed by atoms with E-state index in [1.54, 1.807) is 0 Å². The molecular formula is C34H24O2. The van der Waals surface area contributed by atoms with Crippen LogP contribution in [0.3, 0.4) is 0 Å². The molecule has 0 radical (unpaired) electrons. The van der Waals surface area contributed by atoms with Crippen molar-refractivity contribution in [3.05, 3.63) is 120 Å². The molecule has 0 aliphatic rings. The first-order valence-electron chi connectivity index (χ1n) is 12.3. The van der Waals surface area contributed by atoms with Crippen molar-refractivity contribution < 1.29 is 8.83 Å². The molecule has 0 atom stereocenters. The van der Waals surface area contributed by atoms with Crippen LogP contribution in [0.2, 0.25) is 0 Å². The first-order chi connectivity index (χ1) is 17.7. The lowest BCUT2D eigenvalue weighted by molar-refractivity contribution is 0.621. The van der Waals surface area contributed by atoms with E-state index in [1.807, 2.05) is 48.5 Å². The molecule has 0 spiro atoms. The van der Waals surface area contributed by atoms with E-state index in [1.165, 1.54) is 32.7 Å². The maximum atomic E-state index is 6.52. The van der Waals surface area contributed by atoms with Gasteiger partial charge in [-0.25, -0.2) is 0 Å². The molecular weight excluding hydrogens is 440 g/mol. The molecule has 7 aromatic rings. The number of para-hydroxylation sites is 4. The van der Waals surface area contributed by atoms with Gasteiger partial charge in [-0.3, -0.25) is 0 Å². The maximum Gasteiger partial charge on any atom is 0.169 e. The summed E-state index contributed by atoms with van der Waals surface area (Å²) in [6.07, 6.45) is 0. The fraction of sp³-hybridized carbons (Fsp3) is 0.0588. The van der Waals surface area contributed by atoms with Crippen LogP contribution in [0.25, 0.3) is 65.4 Å². The molecule has 0 aliphatic carbocycles. The third-order valence-electron chi connectivity index (χ3n) is 7.38. The van der Waals surface area contributed by atoms with Crippen molar-refractivity contribution in [3.8, 4) is 0 Å². The Hall–Kier alpha value is -4.56. The normalized spacial score (nSPS) is 11.6. The molecule has 2 nitrogen and oxygen atoms in total. The predicted octanol–water partition coefficient (Wildman–Crippen LogP) is 10.1. The van der Waals surface area contributed by atoms with E-state index in [0.29, 0.717) is 11.2 Å². The number of benzene rings is 6. The molecule has 1 aromatic heterocycles. The van der Waals surface area contributed by atoms with Gasteiger partial charge in [0.2, 0.25) is 0 Å². The Bertz CT molecular complexity index is 1920. The van der Waals surface area contributed by atoms with Crippen molar-refractivity contribution in [1.29, 1.82) is 0 Å². The second-order valence-electron chi connectivity index (χ2n) is 9.41. The average Bonchev–Trinajstić information content (AvgIpc) is 2.92. The van der Waals surface area contributed by atoms with Crippen molar-refractivity contribution >= 4 is 65.4 Å². The van der Waals surface area contributed by atoms with Gasteiger partial charge < -0.3 is 8.83 Å². The Labute approximate surface area is 208 Å². The molecule has 36 heavy (non-hydrogen) atoms. The lowest BCUT2D eigenvalue weighted by Gasteiger charge is -2.13. The standard InChI is InChI=1S/C34H24O2/c1-21-22(2)26-18-16-24-20-30(26)29-19-23(15-17-25(21)29)27-9-3-5-11-31(27)35-33-13-7-8-14-34(33)36-32-12-6-4-10-28(24)32/h3-20H,1-2H3. The summed E-state index contributed by atoms with van der Waals surface area (Å²) < 4.78 is 13.0. The van der Waals surface area contributed by atoms with Gasteiger partial charge in [-0.1, -0.05) is 72.8 Å². The summed E-state index contributed by atoms with van der Waals surface area (Å²) in [6.45, 7) is 4.44. The van der Waals surface area contributed by atoms with Gasteiger partial charge in [-0.05, 0) is 93.7 Å². The van der Waals surface area contributed by atoms with Crippen LogP contribution in [0.5, 0.6) is 0 Å². The average molecular weight is 465 g/mol. The van der Waals surface area contributed by atoms with E-state index >= 15 is 0 Å².